The van der Waals surface area contributed by atoms with E-state index in [9.17, 15) is 0 Å². The van der Waals surface area contributed by atoms with Crippen LogP contribution in [0.2, 0.25) is 0 Å². The van der Waals surface area contributed by atoms with Gasteiger partial charge in [-0.15, -0.1) is 0 Å². The van der Waals surface area contributed by atoms with Gasteiger partial charge in [-0.05, 0) is 123 Å². The zero-order valence-electron chi connectivity index (χ0n) is 38.3. The van der Waals surface area contributed by atoms with Crippen molar-refractivity contribution in [3.63, 3.8) is 0 Å². The summed E-state index contributed by atoms with van der Waals surface area (Å²) in [5.41, 5.74) is 19.6. The molecule has 1 aromatic heterocycles. The molecule has 0 aliphatic carbocycles. The Bertz CT molecular complexity index is 3670. The molecular weight excluding hydrogens is 825 g/mol. The Balaban J connectivity index is 0.000000271. The first-order valence-electron chi connectivity index (χ1n) is 22.8. The first kappa shape index (κ1) is 44.3. The number of aryl methyl sites for hydroxylation is 2. The molecule has 0 amide bonds. The fourth-order valence-electron chi connectivity index (χ4n) is 9.17. The SMILES string of the molecule is C=N.Cc1ccc(-c2cccc3c4ccccc4c4cc(-c5ccc6c(c5)c5ccccc5n6-c5ccc(-c6ccccc6)cc5)ccc4c23)cc1.Cc1ccccc1.N=C(N)c1ccccc1. The number of para-hydroxylation sites is 1. The summed E-state index contributed by atoms with van der Waals surface area (Å²) in [6.45, 7) is 6.73. The summed E-state index contributed by atoms with van der Waals surface area (Å²) in [4.78, 5) is 0. The van der Waals surface area contributed by atoms with Crippen molar-refractivity contribution in [1.29, 1.82) is 10.8 Å². The summed E-state index contributed by atoms with van der Waals surface area (Å²) in [5.74, 6) is 0.121. The number of nitrogen functional groups attached to an aromatic ring is 1. The Morgan fingerprint density at radius 3 is 1.44 bits per heavy atom. The molecule has 0 spiro atoms. The molecule has 0 aliphatic rings. The predicted molar refractivity (Wildman–Crippen MR) is 293 cm³/mol. The van der Waals surface area contributed by atoms with Gasteiger partial charge in [0.15, 0.2) is 0 Å². The second-order valence-corrected chi connectivity index (χ2v) is 16.8. The molecule has 0 unspecified atom stereocenters. The Hall–Kier alpha value is -8.86. The minimum absolute atomic E-state index is 0.121. The van der Waals surface area contributed by atoms with Gasteiger partial charge in [0.1, 0.15) is 5.84 Å². The fraction of sp³-hybridized carbons (Fsp3) is 0.0312. The molecule has 328 valence electrons. The summed E-state index contributed by atoms with van der Waals surface area (Å²) >= 11 is 0. The highest BCUT2D eigenvalue weighted by atomic mass is 15.0. The molecule has 0 radical (unpaired) electrons. The molecule has 0 atom stereocenters. The van der Waals surface area contributed by atoms with Gasteiger partial charge < -0.3 is 15.7 Å². The van der Waals surface area contributed by atoms with Crippen LogP contribution < -0.4 is 5.73 Å². The summed E-state index contributed by atoms with van der Waals surface area (Å²) in [5, 5.41) is 22.8. The largest absolute Gasteiger partial charge is 0.384 e. The highest BCUT2D eigenvalue weighted by Crippen LogP contribution is 2.42. The highest BCUT2D eigenvalue weighted by molar-refractivity contribution is 6.29. The topological polar surface area (TPSA) is 78.7 Å². The van der Waals surface area contributed by atoms with Crippen LogP contribution in [0.25, 0.3) is 93.2 Å². The molecule has 11 aromatic carbocycles. The van der Waals surface area contributed by atoms with Crippen LogP contribution in [-0.4, -0.2) is 17.1 Å². The van der Waals surface area contributed by atoms with Gasteiger partial charge in [-0.1, -0.05) is 217 Å². The fourth-order valence-corrected chi connectivity index (χ4v) is 9.17. The zero-order valence-corrected chi connectivity index (χ0v) is 38.3. The molecule has 4 N–H and O–H groups in total. The molecule has 68 heavy (non-hydrogen) atoms. The normalized spacial score (nSPS) is 10.7. The van der Waals surface area contributed by atoms with Gasteiger partial charge in [-0.25, -0.2) is 0 Å². The number of hydrogen-bond donors (Lipinski definition) is 3. The van der Waals surface area contributed by atoms with Gasteiger partial charge in [0.2, 0.25) is 0 Å². The van der Waals surface area contributed by atoms with Crippen LogP contribution in [0.1, 0.15) is 16.7 Å². The first-order chi connectivity index (χ1) is 33.4. The van der Waals surface area contributed by atoms with Gasteiger partial charge in [0.25, 0.3) is 0 Å². The van der Waals surface area contributed by atoms with Crippen LogP contribution in [-0.2, 0) is 0 Å². The second-order valence-electron chi connectivity index (χ2n) is 16.8. The third-order valence-corrected chi connectivity index (χ3v) is 12.5. The summed E-state index contributed by atoms with van der Waals surface area (Å²) in [6.07, 6.45) is 0. The molecule has 0 bridgehead atoms. The maximum Gasteiger partial charge on any atom is 0.122 e. The Morgan fingerprint density at radius 2 is 0.824 bits per heavy atom. The van der Waals surface area contributed by atoms with Gasteiger partial charge in [0, 0.05) is 22.0 Å². The predicted octanol–water partition coefficient (Wildman–Crippen LogP) is 16.8. The van der Waals surface area contributed by atoms with E-state index in [0.717, 1.165) is 11.3 Å². The number of benzene rings is 11. The number of nitrogens with zero attached hydrogens (tertiary/aromatic N) is 1. The van der Waals surface area contributed by atoms with Crippen molar-refractivity contribution in [3.05, 3.63) is 259 Å². The van der Waals surface area contributed by atoms with Gasteiger partial charge in [0.05, 0.1) is 11.0 Å². The lowest BCUT2D eigenvalue weighted by atomic mass is 9.88. The van der Waals surface area contributed by atoms with Crippen molar-refractivity contribution in [3.8, 4) is 39.1 Å². The lowest BCUT2D eigenvalue weighted by Gasteiger charge is -2.16. The molecule has 0 aliphatic heterocycles. The van der Waals surface area contributed by atoms with E-state index in [1.54, 1.807) is 0 Å². The highest BCUT2D eigenvalue weighted by Gasteiger charge is 2.16. The molecule has 12 rings (SSSR count). The standard InChI is InChI=1S/C49H33N.C7H8N2.C7H8.CH3N/c1-32-18-20-35(21-19-32)39-15-9-16-43-40-12-5-6-13-41(40)45-30-36(24-28-44(45)49(39)43)37-25-29-48-46(31-37)42-14-7-8-17-47(42)50(48)38-26-22-34(23-27-38)33-10-3-2-4-11-33;8-7(9)6-4-2-1-3-5-6;1-7-5-3-2-4-6-7;1-2/h2-31H,1H3;1-5H,(H3,8,9);2-6H,1H3;2H,1H2. The Labute approximate surface area is 398 Å². The van der Waals surface area contributed by atoms with E-state index in [2.05, 4.69) is 219 Å². The van der Waals surface area contributed by atoms with Crippen molar-refractivity contribution >= 4 is 66.7 Å². The van der Waals surface area contributed by atoms with Gasteiger partial charge >= 0.3 is 0 Å². The van der Waals surface area contributed by atoms with E-state index >= 15 is 0 Å². The number of nitrogens with two attached hydrogens (primary N) is 1. The van der Waals surface area contributed by atoms with E-state index in [0.29, 0.717) is 0 Å². The van der Waals surface area contributed by atoms with E-state index in [1.807, 2.05) is 48.5 Å². The minimum Gasteiger partial charge on any atom is -0.384 e. The van der Waals surface area contributed by atoms with Crippen LogP contribution in [0, 0.1) is 24.7 Å². The van der Waals surface area contributed by atoms with E-state index in [4.69, 9.17) is 16.6 Å². The van der Waals surface area contributed by atoms with Gasteiger partial charge in [-0.2, -0.15) is 0 Å². The Morgan fingerprint density at radius 1 is 0.368 bits per heavy atom. The maximum absolute atomic E-state index is 7.01. The number of amidine groups is 1. The number of fused-ring (bicyclic) bond motifs is 9. The number of aromatic nitrogens is 1. The van der Waals surface area contributed by atoms with E-state index < -0.39 is 0 Å². The van der Waals surface area contributed by atoms with Crippen LogP contribution >= 0.6 is 0 Å². The second kappa shape index (κ2) is 20.1. The molecular formula is C64H52N4. The maximum atomic E-state index is 7.01. The average molecular weight is 877 g/mol. The van der Waals surface area contributed by atoms with Crippen molar-refractivity contribution < 1.29 is 0 Å². The monoisotopic (exact) mass is 876 g/mol. The zero-order chi connectivity index (χ0) is 47.0. The third kappa shape index (κ3) is 9.04. The number of rotatable bonds is 5. The quantitative estimate of drug-likeness (QED) is 0.0899. The molecule has 0 saturated heterocycles. The lowest BCUT2D eigenvalue weighted by molar-refractivity contribution is 1.18. The number of hydrogen-bond acceptors (Lipinski definition) is 2. The average Bonchev–Trinajstić information content (AvgIpc) is 3.74. The van der Waals surface area contributed by atoms with Crippen molar-refractivity contribution in [2.75, 3.05) is 0 Å². The van der Waals surface area contributed by atoms with Crippen LogP contribution in [0.3, 0.4) is 0 Å². The van der Waals surface area contributed by atoms with Crippen LogP contribution in [0.5, 0.6) is 0 Å². The Kier molecular flexibility index (Phi) is 13.1. The molecule has 0 fully saturated rings. The lowest BCUT2D eigenvalue weighted by Crippen LogP contribution is -2.10. The van der Waals surface area contributed by atoms with Gasteiger partial charge in [-0.3, -0.25) is 5.41 Å². The molecule has 12 aromatic rings. The van der Waals surface area contributed by atoms with Crippen LogP contribution in [0.4, 0.5) is 0 Å². The van der Waals surface area contributed by atoms with E-state index in [-0.39, 0.29) is 5.84 Å². The van der Waals surface area contributed by atoms with Crippen molar-refractivity contribution in [2.24, 2.45) is 5.73 Å². The van der Waals surface area contributed by atoms with E-state index in [1.165, 1.54) is 98.6 Å². The first-order valence-corrected chi connectivity index (χ1v) is 22.8. The summed E-state index contributed by atoms with van der Waals surface area (Å²) < 4.78 is 2.40. The smallest absolute Gasteiger partial charge is 0.122 e. The molecule has 1 heterocycles. The summed E-state index contributed by atoms with van der Waals surface area (Å²) in [6, 6.07) is 86.4. The molecule has 4 nitrogen and oxygen atoms in total. The number of nitrogens with one attached hydrogen (secondary N) is 2. The molecule has 4 heteroatoms. The minimum atomic E-state index is 0.121. The van der Waals surface area contributed by atoms with Crippen molar-refractivity contribution in [1.82, 2.24) is 4.57 Å². The third-order valence-electron chi connectivity index (χ3n) is 12.5. The summed E-state index contributed by atoms with van der Waals surface area (Å²) in [7, 11) is 0. The van der Waals surface area contributed by atoms with Crippen molar-refractivity contribution in [2.45, 2.75) is 13.8 Å². The van der Waals surface area contributed by atoms with Crippen LogP contribution in [0.15, 0.2) is 243 Å². The molecule has 0 saturated carbocycles.